The molecule has 2 heterocycles. The molecule has 1 atom stereocenters. The summed E-state index contributed by atoms with van der Waals surface area (Å²) >= 11 is 0. The van der Waals surface area contributed by atoms with Crippen LogP contribution in [0, 0.1) is 25.7 Å². The van der Waals surface area contributed by atoms with Crippen LogP contribution in [0.5, 0.6) is 0 Å². The Morgan fingerprint density at radius 1 is 1.05 bits per heavy atom. The highest BCUT2D eigenvalue weighted by molar-refractivity contribution is 5.55. The molecule has 1 aromatic carbocycles. The average molecular weight is 258 g/mol. The number of anilines is 1. The second-order valence-electron chi connectivity index (χ2n) is 6.37. The van der Waals surface area contributed by atoms with Gasteiger partial charge in [0.15, 0.2) is 0 Å². The van der Waals surface area contributed by atoms with Gasteiger partial charge in [0.05, 0.1) is 0 Å². The molecule has 104 valence electrons. The van der Waals surface area contributed by atoms with Crippen molar-refractivity contribution in [2.75, 3.05) is 31.1 Å². The van der Waals surface area contributed by atoms with Gasteiger partial charge < -0.3 is 10.2 Å². The predicted molar refractivity (Wildman–Crippen MR) is 81.8 cm³/mol. The van der Waals surface area contributed by atoms with Crippen LogP contribution in [0.2, 0.25) is 0 Å². The lowest BCUT2D eigenvalue weighted by atomic mass is 9.84. The van der Waals surface area contributed by atoms with Crippen molar-refractivity contribution in [1.82, 2.24) is 5.32 Å². The van der Waals surface area contributed by atoms with Crippen LogP contribution in [-0.4, -0.2) is 26.2 Å². The number of nitrogens with zero attached hydrogens (tertiary/aromatic N) is 1. The van der Waals surface area contributed by atoms with Gasteiger partial charge in [-0.25, -0.2) is 0 Å². The summed E-state index contributed by atoms with van der Waals surface area (Å²) in [6.45, 7) is 9.42. The molecule has 0 spiro atoms. The summed E-state index contributed by atoms with van der Waals surface area (Å²) in [6, 6.07) is 6.85. The Balaban J connectivity index is 1.69. The second-order valence-corrected chi connectivity index (χ2v) is 6.37. The summed E-state index contributed by atoms with van der Waals surface area (Å²) < 4.78 is 0. The first-order valence-electron chi connectivity index (χ1n) is 7.77. The van der Waals surface area contributed by atoms with Gasteiger partial charge in [0.25, 0.3) is 0 Å². The monoisotopic (exact) mass is 258 g/mol. The molecule has 0 aromatic heterocycles. The molecule has 0 bridgehead atoms. The van der Waals surface area contributed by atoms with E-state index in [4.69, 9.17) is 0 Å². The molecular weight excluding hydrogens is 232 g/mol. The minimum Gasteiger partial charge on any atom is -0.371 e. The highest BCUT2D eigenvalue weighted by Crippen LogP contribution is 2.34. The van der Waals surface area contributed by atoms with Gasteiger partial charge in [-0.1, -0.05) is 12.1 Å². The van der Waals surface area contributed by atoms with Gasteiger partial charge in [0.1, 0.15) is 0 Å². The van der Waals surface area contributed by atoms with Gasteiger partial charge in [-0.3, -0.25) is 0 Å². The molecule has 2 nitrogen and oxygen atoms in total. The first-order valence-corrected chi connectivity index (χ1v) is 7.77. The zero-order chi connectivity index (χ0) is 13.2. The predicted octanol–water partition coefficient (Wildman–Crippen LogP) is 3.13. The maximum absolute atomic E-state index is 3.48. The lowest BCUT2D eigenvalue weighted by Gasteiger charge is -2.28. The summed E-state index contributed by atoms with van der Waals surface area (Å²) in [5.41, 5.74) is 4.28. The Kier molecular flexibility index (Phi) is 3.79. The van der Waals surface area contributed by atoms with E-state index >= 15 is 0 Å². The van der Waals surface area contributed by atoms with Crippen LogP contribution in [0.1, 0.15) is 30.4 Å². The SMILES string of the molecule is Cc1ccc(C)c(N2CCC(C3CCNCC3)C2)c1. The molecule has 19 heavy (non-hydrogen) atoms. The van der Waals surface area contributed by atoms with E-state index in [1.54, 1.807) is 0 Å². The van der Waals surface area contributed by atoms with Gasteiger partial charge in [-0.05, 0) is 75.2 Å². The number of nitrogens with one attached hydrogen (secondary N) is 1. The molecule has 0 aliphatic carbocycles. The summed E-state index contributed by atoms with van der Waals surface area (Å²) in [7, 11) is 0. The molecule has 0 saturated carbocycles. The Hall–Kier alpha value is -1.02. The van der Waals surface area contributed by atoms with Crippen LogP contribution in [0.25, 0.3) is 0 Å². The van der Waals surface area contributed by atoms with E-state index in [0.29, 0.717) is 0 Å². The highest BCUT2D eigenvalue weighted by Gasteiger charge is 2.30. The summed E-state index contributed by atoms with van der Waals surface area (Å²) in [4.78, 5) is 2.62. The van der Waals surface area contributed by atoms with Gasteiger partial charge in [-0.2, -0.15) is 0 Å². The Bertz CT molecular complexity index is 435. The molecule has 1 aromatic rings. The molecule has 2 aliphatic heterocycles. The van der Waals surface area contributed by atoms with E-state index < -0.39 is 0 Å². The lowest BCUT2D eigenvalue weighted by Crippen LogP contribution is -2.33. The highest BCUT2D eigenvalue weighted by atomic mass is 15.2. The minimum absolute atomic E-state index is 0.919. The Morgan fingerprint density at radius 2 is 1.84 bits per heavy atom. The maximum Gasteiger partial charge on any atom is 0.0398 e. The smallest absolute Gasteiger partial charge is 0.0398 e. The molecule has 0 amide bonds. The van der Waals surface area contributed by atoms with Crippen molar-refractivity contribution in [3.05, 3.63) is 29.3 Å². The molecule has 1 N–H and O–H groups in total. The van der Waals surface area contributed by atoms with E-state index in [1.165, 1.54) is 62.3 Å². The van der Waals surface area contributed by atoms with Crippen molar-refractivity contribution in [2.45, 2.75) is 33.1 Å². The van der Waals surface area contributed by atoms with Crippen LogP contribution in [0.3, 0.4) is 0 Å². The first kappa shape index (κ1) is 13.0. The van der Waals surface area contributed by atoms with Crippen LogP contribution < -0.4 is 10.2 Å². The summed E-state index contributed by atoms with van der Waals surface area (Å²) in [6.07, 6.45) is 4.15. The number of aryl methyl sites for hydroxylation is 2. The number of piperidine rings is 1. The number of rotatable bonds is 2. The lowest BCUT2D eigenvalue weighted by molar-refractivity contribution is 0.276. The average Bonchev–Trinajstić information content (AvgIpc) is 2.92. The van der Waals surface area contributed by atoms with Crippen LogP contribution in [0.15, 0.2) is 18.2 Å². The number of hydrogen-bond donors (Lipinski definition) is 1. The van der Waals surface area contributed by atoms with Gasteiger partial charge >= 0.3 is 0 Å². The quantitative estimate of drug-likeness (QED) is 0.877. The fraction of sp³-hybridized carbons (Fsp3) is 0.647. The molecule has 2 saturated heterocycles. The number of benzene rings is 1. The molecule has 0 radical (unpaired) electrons. The van der Waals surface area contributed by atoms with E-state index in [-0.39, 0.29) is 0 Å². The molecular formula is C17H26N2. The molecule has 1 unspecified atom stereocenters. The third-order valence-corrected chi connectivity index (χ3v) is 4.98. The van der Waals surface area contributed by atoms with Gasteiger partial charge in [0.2, 0.25) is 0 Å². The standard InChI is InChI=1S/C17H26N2/c1-13-3-4-14(2)17(11-13)19-10-7-16(12-19)15-5-8-18-9-6-15/h3-4,11,15-16,18H,5-10,12H2,1-2H3. The summed E-state index contributed by atoms with van der Waals surface area (Å²) in [5.74, 6) is 1.87. The first-order chi connectivity index (χ1) is 9.24. The van der Waals surface area contributed by atoms with Crippen molar-refractivity contribution < 1.29 is 0 Å². The van der Waals surface area contributed by atoms with Crippen molar-refractivity contribution in [2.24, 2.45) is 11.8 Å². The molecule has 2 heteroatoms. The fourth-order valence-electron chi connectivity index (χ4n) is 3.77. The molecule has 2 fully saturated rings. The third-order valence-electron chi connectivity index (χ3n) is 4.98. The summed E-state index contributed by atoms with van der Waals surface area (Å²) in [5, 5.41) is 3.48. The molecule has 3 rings (SSSR count). The van der Waals surface area contributed by atoms with E-state index in [9.17, 15) is 0 Å². The topological polar surface area (TPSA) is 15.3 Å². The second kappa shape index (κ2) is 5.54. The van der Waals surface area contributed by atoms with Crippen LogP contribution in [0.4, 0.5) is 5.69 Å². The van der Waals surface area contributed by atoms with Crippen molar-refractivity contribution in [1.29, 1.82) is 0 Å². The minimum atomic E-state index is 0.919. The number of hydrogen-bond acceptors (Lipinski definition) is 2. The van der Waals surface area contributed by atoms with Crippen molar-refractivity contribution in [3.63, 3.8) is 0 Å². The van der Waals surface area contributed by atoms with Crippen molar-refractivity contribution in [3.8, 4) is 0 Å². The zero-order valence-electron chi connectivity index (χ0n) is 12.3. The van der Waals surface area contributed by atoms with Gasteiger partial charge in [-0.15, -0.1) is 0 Å². The third kappa shape index (κ3) is 2.79. The normalized spacial score (nSPS) is 24.9. The Morgan fingerprint density at radius 3 is 2.63 bits per heavy atom. The van der Waals surface area contributed by atoms with E-state index in [1.807, 2.05) is 0 Å². The Labute approximate surface area is 117 Å². The zero-order valence-corrected chi connectivity index (χ0v) is 12.3. The van der Waals surface area contributed by atoms with E-state index in [0.717, 1.165) is 11.8 Å². The van der Waals surface area contributed by atoms with E-state index in [2.05, 4.69) is 42.3 Å². The maximum atomic E-state index is 3.48. The largest absolute Gasteiger partial charge is 0.371 e. The van der Waals surface area contributed by atoms with Crippen molar-refractivity contribution >= 4 is 5.69 Å². The van der Waals surface area contributed by atoms with Gasteiger partial charge in [0, 0.05) is 18.8 Å². The fourth-order valence-corrected chi connectivity index (χ4v) is 3.77. The van der Waals surface area contributed by atoms with Crippen LogP contribution >= 0.6 is 0 Å². The molecule has 2 aliphatic rings. The van der Waals surface area contributed by atoms with Crippen LogP contribution in [-0.2, 0) is 0 Å².